The van der Waals surface area contributed by atoms with E-state index in [1.54, 1.807) is 10.4 Å². The van der Waals surface area contributed by atoms with Crippen LogP contribution in [0, 0.1) is 0 Å². The monoisotopic (exact) mass is 510 g/mol. The molecule has 2 aromatic carbocycles. The van der Waals surface area contributed by atoms with Gasteiger partial charge in [0, 0.05) is 0 Å². The van der Waals surface area contributed by atoms with Gasteiger partial charge in [0.2, 0.25) is 0 Å². The predicted octanol–water partition coefficient (Wildman–Crippen LogP) is -1.30. The molecule has 0 aliphatic heterocycles. The van der Waals surface area contributed by atoms with Crippen molar-refractivity contribution < 1.29 is 52.5 Å². The van der Waals surface area contributed by atoms with Gasteiger partial charge in [0.25, 0.3) is 0 Å². The first-order valence-corrected chi connectivity index (χ1v) is 11.1. The Morgan fingerprint density at radius 1 is 1.00 bits per heavy atom. The van der Waals surface area contributed by atoms with Crippen LogP contribution in [-0.4, -0.2) is 7.11 Å². The average Bonchev–Trinajstić information content (AvgIpc) is 3.15. The Bertz CT molecular complexity index is 768. The van der Waals surface area contributed by atoms with E-state index in [0.29, 0.717) is 3.67 Å². The zero-order valence-corrected chi connectivity index (χ0v) is 17.8. The van der Waals surface area contributed by atoms with Crippen LogP contribution in [0.25, 0.3) is 11.1 Å². The van der Waals surface area contributed by atoms with Crippen LogP contribution in [0.5, 0.6) is 5.75 Å². The third-order valence-electron chi connectivity index (χ3n) is 4.23. The molecule has 1 nitrogen and oxygen atoms in total. The predicted molar refractivity (Wildman–Crippen MR) is 82.1 cm³/mol. The normalized spacial score (nSPS) is 16.4. The number of ether oxygens (including phenoxy) is 1. The van der Waals surface area contributed by atoms with Crippen LogP contribution < -0.4 is 29.6 Å². The number of allylic oxidation sites excluding steroid dienone is 4. The largest absolute Gasteiger partial charge is 1.00 e. The Kier molecular flexibility index (Phi) is 6.30. The van der Waals surface area contributed by atoms with Gasteiger partial charge in [-0.3, -0.25) is 0 Å². The van der Waals surface area contributed by atoms with Crippen LogP contribution in [0.2, 0.25) is 0 Å². The maximum Gasteiger partial charge on any atom is -1.00 e. The van der Waals surface area contributed by atoms with Crippen molar-refractivity contribution in [3.05, 3.63) is 75.1 Å². The molecule has 4 heteroatoms. The van der Waals surface area contributed by atoms with Crippen LogP contribution in [0.15, 0.2) is 64.0 Å². The molecule has 1 unspecified atom stereocenters. The average molecular weight is 510 g/mol. The Hall–Kier alpha value is -0.830. The van der Waals surface area contributed by atoms with Crippen molar-refractivity contribution in [1.82, 2.24) is 0 Å². The summed E-state index contributed by atoms with van der Waals surface area (Å²) in [6.45, 7) is 0. The van der Waals surface area contributed by atoms with Crippen molar-refractivity contribution in [3.8, 4) is 16.9 Å². The fraction of sp³-hybridized carbons (Fsp3) is 0.158. The molecule has 0 N–H and O–H groups in total. The van der Waals surface area contributed by atoms with E-state index in [1.807, 2.05) is 0 Å². The van der Waals surface area contributed by atoms with Crippen LogP contribution >= 0.6 is 0 Å². The van der Waals surface area contributed by atoms with Gasteiger partial charge >= 0.3 is 137 Å². The maximum absolute atomic E-state index is 5.63. The van der Waals surface area contributed by atoms with Gasteiger partial charge in [-0.25, -0.2) is 0 Å². The van der Waals surface area contributed by atoms with Crippen molar-refractivity contribution >= 4 is 0 Å². The van der Waals surface area contributed by atoms with Gasteiger partial charge in [0.05, 0.1) is 0 Å². The second-order valence-electron chi connectivity index (χ2n) is 5.41. The maximum atomic E-state index is 5.63. The van der Waals surface area contributed by atoms with E-state index < -0.39 is 22.9 Å². The van der Waals surface area contributed by atoms with Crippen molar-refractivity contribution in [2.75, 3.05) is 7.11 Å². The van der Waals surface area contributed by atoms with Crippen LogP contribution in [0.4, 0.5) is 0 Å². The Balaban J connectivity index is 0.000000960. The molecule has 0 fully saturated rings. The molecule has 0 bridgehead atoms. The summed E-state index contributed by atoms with van der Waals surface area (Å²) in [6.07, 6.45) is 8.04. The molecule has 0 amide bonds. The van der Waals surface area contributed by atoms with E-state index in [0.717, 1.165) is 5.75 Å². The fourth-order valence-electron chi connectivity index (χ4n) is 3.29. The van der Waals surface area contributed by atoms with E-state index >= 15 is 0 Å². The number of hydrogen-bond acceptors (Lipinski definition) is 1. The molecule has 4 rings (SSSR count). The first-order chi connectivity index (χ1) is 10.4. The van der Waals surface area contributed by atoms with Gasteiger partial charge in [-0.2, -0.15) is 0 Å². The number of hydrogen-bond donors (Lipinski definition) is 0. The summed E-state index contributed by atoms with van der Waals surface area (Å²) in [4.78, 5) is 0. The minimum absolute atomic E-state index is 0. The van der Waals surface area contributed by atoms with Gasteiger partial charge < -0.3 is 24.8 Å². The molecule has 116 valence electrons. The molecule has 1 atom stereocenters. The zero-order chi connectivity index (χ0) is 14.2. The fourth-order valence-corrected chi connectivity index (χ4v) is 9.04. The topological polar surface area (TPSA) is 9.23 Å². The first kappa shape index (κ1) is 18.5. The molecule has 2 aliphatic carbocycles. The Morgan fingerprint density at radius 2 is 1.78 bits per heavy atom. The quantitative estimate of drug-likeness (QED) is 0.468. The molecule has 0 heterocycles. The molecule has 0 spiro atoms. The van der Waals surface area contributed by atoms with Crippen LogP contribution in [-0.2, 0) is 22.9 Å². The van der Waals surface area contributed by atoms with Crippen molar-refractivity contribution in [2.24, 2.45) is 0 Å². The standard InChI is InChI=1S/C14H11O.C5H5.2ClH.Hf/c1-15-13-8-4-6-11-9-10-5-2-3-7-12(10)14(11)13;1-2-4-5-3-1;;;/h2-9H,1H3;1-3H,4H2;2*1H;/q;;;;+2/p-2. The smallest absolute Gasteiger partial charge is 1.00 e. The summed E-state index contributed by atoms with van der Waals surface area (Å²) >= 11 is -0.908. The molecule has 2 aliphatic rings. The Morgan fingerprint density at radius 3 is 2.52 bits per heavy atom. The zero-order valence-electron chi connectivity index (χ0n) is 12.7. The summed E-state index contributed by atoms with van der Waals surface area (Å²) in [5.74, 6) is 1.02. The van der Waals surface area contributed by atoms with Crippen molar-refractivity contribution in [2.45, 2.75) is 10.1 Å². The number of benzene rings is 2. The van der Waals surface area contributed by atoms with Gasteiger partial charge in [0.15, 0.2) is 0 Å². The molecule has 2 aromatic rings. The van der Waals surface area contributed by atoms with Crippen LogP contribution in [0.1, 0.15) is 21.2 Å². The van der Waals surface area contributed by atoms with E-state index in [1.165, 1.54) is 28.7 Å². The summed E-state index contributed by atoms with van der Waals surface area (Å²) in [6, 6.07) is 15.4. The second kappa shape index (κ2) is 7.83. The minimum Gasteiger partial charge on any atom is -1.00 e. The molecular weight excluding hydrogens is 494 g/mol. The molecule has 23 heavy (non-hydrogen) atoms. The van der Waals surface area contributed by atoms with Gasteiger partial charge in [-0.05, 0) is 0 Å². The number of halogens is 2. The number of methoxy groups -OCH3 is 1. The Labute approximate surface area is 161 Å². The summed E-state index contributed by atoms with van der Waals surface area (Å²) < 4.78 is 7.99. The first-order valence-electron chi connectivity index (χ1n) is 7.27. The minimum atomic E-state index is -0.908. The van der Waals surface area contributed by atoms with E-state index in [4.69, 9.17) is 4.74 Å². The third-order valence-corrected chi connectivity index (χ3v) is 10.2. The van der Waals surface area contributed by atoms with Gasteiger partial charge in [-0.1, -0.05) is 0 Å². The number of fused-ring (bicyclic) bond motifs is 3. The van der Waals surface area contributed by atoms with Crippen molar-refractivity contribution in [3.63, 3.8) is 0 Å². The third kappa shape index (κ3) is 3.22. The number of rotatable bonds is 3. The summed E-state index contributed by atoms with van der Waals surface area (Å²) in [7, 11) is 1.77. The van der Waals surface area contributed by atoms with Crippen LogP contribution in [0.3, 0.4) is 0 Å². The summed E-state index contributed by atoms with van der Waals surface area (Å²) in [5, 5.41) is 0. The molecular formula is C19H16Cl2HfO. The second-order valence-corrected chi connectivity index (χ2v) is 10.8. The SMILES string of the molecule is COc1cccc2c1-c1ccccc1[CH]2[Hf+2][C]1=CC=CC1.[Cl-].[Cl-]. The molecule has 0 aromatic heterocycles. The molecule has 0 saturated heterocycles. The van der Waals surface area contributed by atoms with Crippen molar-refractivity contribution in [1.29, 1.82) is 0 Å². The van der Waals surface area contributed by atoms with E-state index in [9.17, 15) is 0 Å². The molecule has 0 radical (unpaired) electrons. The van der Waals surface area contributed by atoms with Gasteiger partial charge in [-0.15, -0.1) is 0 Å². The summed E-state index contributed by atoms with van der Waals surface area (Å²) in [5.41, 5.74) is 5.73. The van der Waals surface area contributed by atoms with E-state index in [-0.39, 0.29) is 24.8 Å². The van der Waals surface area contributed by atoms with Gasteiger partial charge in [0.1, 0.15) is 0 Å². The van der Waals surface area contributed by atoms with E-state index in [2.05, 4.69) is 60.7 Å². The molecule has 0 saturated carbocycles.